The van der Waals surface area contributed by atoms with Crippen molar-refractivity contribution in [3.8, 4) is 17.2 Å². The molecule has 2 aromatic carbocycles. The number of aryl methyl sites for hydroxylation is 1. The van der Waals surface area contributed by atoms with Crippen LogP contribution in [-0.4, -0.2) is 15.3 Å². The Morgan fingerprint density at radius 1 is 0.947 bits per heavy atom. The topological polar surface area (TPSA) is 69.9 Å². The van der Waals surface area contributed by atoms with Gasteiger partial charge in [-0.05, 0) is 42.3 Å². The molecule has 0 aromatic heterocycles. The molecule has 3 rings (SSSR count). The van der Waals surface area contributed by atoms with Crippen molar-refractivity contribution in [3.05, 3.63) is 53.6 Å². The van der Waals surface area contributed by atoms with Crippen molar-refractivity contribution in [1.82, 2.24) is 0 Å². The third-order valence-electron chi connectivity index (χ3n) is 3.38. The number of benzene rings is 2. The number of phenols is 2. The summed E-state index contributed by atoms with van der Waals surface area (Å²) in [7, 11) is 0. The summed E-state index contributed by atoms with van der Waals surface area (Å²) < 4.78 is 5.64. The fraction of sp³-hybridized carbons (Fsp3) is 0.200. The van der Waals surface area contributed by atoms with E-state index in [1.807, 2.05) is 0 Å². The van der Waals surface area contributed by atoms with E-state index in [1.54, 1.807) is 24.3 Å². The summed E-state index contributed by atoms with van der Waals surface area (Å²) in [6, 6.07) is 11.2. The minimum Gasteiger partial charge on any atom is -0.508 e. The average Bonchev–Trinajstić information content (AvgIpc) is 2.38. The van der Waals surface area contributed by atoms with E-state index in [9.17, 15) is 15.3 Å². The van der Waals surface area contributed by atoms with Crippen molar-refractivity contribution in [1.29, 1.82) is 0 Å². The summed E-state index contributed by atoms with van der Waals surface area (Å²) in [4.78, 5) is 0. The highest BCUT2D eigenvalue weighted by atomic mass is 16.6. The summed E-state index contributed by atoms with van der Waals surface area (Å²) in [6.07, 6.45) is 1.09. The fourth-order valence-corrected chi connectivity index (χ4v) is 2.31. The third kappa shape index (κ3) is 2.11. The molecule has 2 aromatic rings. The Bertz CT molecular complexity index is 606. The van der Waals surface area contributed by atoms with Crippen LogP contribution in [0.25, 0.3) is 0 Å². The SMILES string of the molecule is Oc1ccc([C@@]2(O)CCc3ccc(O)cc3O2)cc1. The number of hydrogen-bond donors (Lipinski definition) is 3. The molecule has 98 valence electrons. The summed E-state index contributed by atoms with van der Waals surface area (Å²) in [5.41, 5.74) is 1.54. The lowest BCUT2D eigenvalue weighted by molar-refractivity contribution is -0.158. The van der Waals surface area contributed by atoms with Gasteiger partial charge in [0.25, 0.3) is 0 Å². The molecular formula is C15H14O4. The van der Waals surface area contributed by atoms with E-state index in [0.717, 1.165) is 5.56 Å². The van der Waals surface area contributed by atoms with Crippen LogP contribution in [0, 0.1) is 0 Å². The number of aliphatic hydroxyl groups is 1. The molecule has 0 saturated carbocycles. The molecule has 0 unspecified atom stereocenters. The predicted molar refractivity (Wildman–Crippen MR) is 69.1 cm³/mol. The van der Waals surface area contributed by atoms with Gasteiger partial charge in [-0.25, -0.2) is 0 Å². The normalized spacial score (nSPS) is 21.5. The van der Waals surface area contributed by atoms with Gasteiger partial charge >= 0.3 is 0 Å². The Kier molecular flexibility index (Phi) is 2.61. The molecule has 3 N–H and O–H groups in total. The van der Waals surface area contributed by atoms with E-state index in [4.69, 9.17) is 4.74 Å². The molecule has 0 aliphatic carbocycles. The first-order valence-corrected chi connectivity index (χ1v) is 6.10. The monoisotopic (exact) mass is 258 g/mol. The number of ether oxygens (including phenoxy) is 1. The van der Waals surface area contributed by atoms with Crippen molar-refractivity contribution in [2.24, 2.45) is 0 Å². The average molecular weight is 258 g/mol. The second-order valence-electron chi connectivity index (χ2n) is 4.73. The molecule has 0 radical (unpaired) electrons. The molecule has 1 aliphatic heterocycles. The highest BCUT2D eigenvalue weighted by molar-refractivity contribution is 5.43. The second-order valence-corrected chi connectivity index (χ2v) is 4.73. The molecule has 19 heavy (non-hydrogen) atoms. The molecule has 0 saturated heterocycles. The molecule has 0 bridgehead atoms. The first-order valence-electron chi connectivity index (χ1n) is 6.10. The number of phenolic OH excluding ortho intramolecular Hbond substituents is 2. The maximum atomic E-state index is 10.6. The zero-order valence-electron chi connectivity index (χ0n) is 10.2. The van der Waals surface area contributed by atoms with Crippen LogP contribution in [0.4, 0.5) is 0 Å². The van der Waals surface area contributed by atoms with Crippen molar-refractivity contribution >= 4 is 0 Å². The van der Waals surface area contributed by atoms with E-state index < -0.39 is 5.79 Å². The number of aromatic hydroxyl groups is 2. The van der Waals surface area contributed by atoms with Gasteiger partial charge in [0.15, 0.2) is 0 Å². The molecule has 4 heteroatoms. The van der Waals surface area contributed by atoms with Crippen molar-refractivity contribution in [2.75, 3.05) is 0 Å². The zero-order valence-corrected chi connectivity index (χ0v) is 10.2. The highest BCUT2D eigenvalue weighted by Gasteiger charge is 2.36. The van der Waals surface area contributed by atoms with Gasteiger partial charge in [-0.2, -0.15) is 0 Å². The molecule has 1 heterocycles. The van der Waals surface area contributed by atoms with E-state index in [0.29, 0.717) is 24.2 Å². The first kappa shape index (κ1) is 11.9. The van der Waals surface area contributed by atoms with Gasteiger partial charge in [-0.3, -0.25) is 0 Å². The van der Waals surface area contributed by atoms with E-state index in [-0.39, 0.29) is 11.5 Å². The smallest absolute Gasteiger partial charge is 0.235 e. The standard InChI is InChI=1S/C15H14O4/c16-12-5-2-11(3-6-12)15(18)8-7-10-1-4-13(17)9-14(10)19-15/h1-6,9,16-18H,7-8H2/t15-/m1/s1. The molecular weight excluding hydrogens is 244 g/mol. The third-order valence-corrected chi connectivity index (χ3v) is 3.38. The Morgan fingerprint density at radius 3 is 2.37 bits per heavy atom. The highest BCUT2D eigenvalue weighted by Crippen LogP contribution is 2.39. The van der Waals surface area contributed by atoms with Crippen molar-refractivity contribution < 1.29 is 20.1 Å². The van der Waals surface area contributed by atoms with Gasteiger partial charge in [0, 0.05) is 18.1 Å². The van der Waals surface area contributed by atoms with Gasteiger partial charge in [0.2, 0.25) is 5.79 Å². The molecule has 0 spiro atoms. The van der Waals surface area contributed by atoms with Gasteiger partial charge in [0.1, 0.15) is 17.2 Å². The fourth-order valence-electron chi connectivity index (χ4n) is 2.31. The number of hydrogen-bond acceptors (Lipinski definition) is 4. The maximum Gasteiger partial charge on any atom is 0.235 e. The predicted octanol–water partition coefficient (Wildman–Crippen LogP) is 2.27. The van der Waals surface area contributed by atoms with Crippen LogP contribution in [0.1, 0.15) is 17.5 Å². The van der Waals surface area contributed by atoms with Crippen LogP contribution in [0.5, 0.6) is 17.2 Å². The minimum atomic E-state index is -1.42. The van der Waals surface area contributed by atoms with Crippen LogP contribution in [0.15, 0.2) is 42.5 Å². The summed E-state index contributed by atoms with van der Waals surface area (Å²) >= 11 is 0. The van der Waals surface area contributed by atoms with E-state index in [1.165, 1.54) is 18.2 Å². The second kappa shape index (κ2) is 4.17. The van der Waals surface area contributed by atoms with Crippen LogP contribution in [-0.2, 0) is 12.2 Å². The van der Waals surface area contributed by atoms with Gasteiger partial charge in [0.05, 0.1) is 0 Å². The minimum absolute atomic E-state index is 0.105. The van der Waals surface area contributed by atoms with Gasteiger partial charge in [-0.15, -0.1) is 0 Å². The maximum absolute atomic E-state index is 10.6. The number of fused-ring (bicyclic) bond motifs is 1. The number of rotatable bonds is 1. The Balaban J connectivity index is 1.97. The van der Waals surface area contributed by atoms with Crippen LogP contribution in [0.2, 0.25) is 0 Å². The Hall–Kier alpha value is -2.20. The van der Waals surface area contributed by atoms with Crippen LogP contribution >= 0.6 is 0 Å². The van der Waals surface area contributed by atoms with Crippen LogP contribution < -0.4 is 4.74 Å². The summed E-state index contributed by atoms with van der Waals surface area (Å²) in [5, 5.41) is 29.3. The zero-order chi connectivity index (χ0) is 13.5. The Morgan fingerprint density at radius 2 is 1.63 bits per heavy atom. The van der Waals surface area contributed by atoms with Crippen molar-refractivity contribution in [3.63, 3.8) is 0 Å². The van der Waals surface area contributed by atoms with Gasteiger partial charge < -0.3 is 20.1 Å². The van der Waals surface area contributed by atoms with Gasteiger partial charge in [-0.1, -0.05) is 6.07 Å². The lowest BCUT2D eigenvalue weighted by atomic mass is 9.94. The Labute approximate surface area is 110 Å². The summed E-state index contributed by atoms with van der Waals surface area (Å²) in [6.45, 7) is 0. The molecule has 4 nitrogen and oxygen atoms in total. The largest absolute Gasteiger partial charge is 0.508 e. The molecule has 0 fully saturated rings. The quantitative estimate of drug-likeness (QED) is 0.734. The molecule has 0 amide bonds. The van der Waals surface area contributed by atoms with Crippen molar-refractivity contribution in [2.45, 2.75) is 18.6 Å². The molecule has 1 aliphatic rings. The lowest BCUT2D eigenvalue weighted by Crippen LogP contribution is -2.36. The summed E-state index contributed by atoms with van der Waals surface area (Å²) in [5.74, 6) is -0.689. The van der Waals surface area contributed by atoms with E-state index in [2.05, 4.69) is 0 Å². The first-order chi connectivity index (χ1) is 9.07. The van der Waals surface area contributed by atoms with Crippen LogP contribution in [0.3, 0.4) is 0 Å². The van der Waals surface area contributed by atoms with E-state index >= 15 is 0 Å². The lowest BCUT2D eigenvalue weighted by Gasteiger charge is -2.34. The molecule has 1 atom stereocenters.